The number of nitrogens with one attached hydrogen (secondary N) is 1. The van der Waals surface area contributed by atoms with Crippen molar-refractivity contribution < 1.29 is 9.59 Å². The number of amides is 1. The summed E-state index contributed by atoms with van der Waals surface area (Å²) in [7, 11) is 0. The van der Waals surface area contributed by atoms with Crippen molar-refractivity contribution in [3.05, 3.63) is 107 Å². The molecule has 25 heavy (non-hydrogen) atoms. The van der Waals surface area contributed by atoms with Crippen molar-refractivity contribution in [1.82, 2.24) is 5.32 Å². The first-order valence-electron chi connectivity index (χ1n) is 8.26. The molecule has 0 unspecified atom stereocenters. The average Bonchev–Trinajstić information content (AvgIpc) is 2.69. The largest absolute Gasteiger partial charge is 0.352 e. The molecule has 0 aliphatic rings. The fraction of sp³-hybridized carbons (Fsp3) is 0.0909. The summed E-state index contributed by atoms with van der Waals surface area (Å²) in [6.07, 6.45) is 0.604. The lowest BCUT2D eigenvalue weighted by Crippen LogP contribution is -2.26. The van der Waals surface area contributed by atoms with Gasteiger partial charge in [0.15, 0.2) is 5.78 Å². The number of rotatable bonds is 6. The third-order valence-corrected chi connectivity index (χ3v) is 4.01. The molecule has 3 aromatic rings. The van der Waals surface area contributed by atoms with Crippen molar-refractivity contribution in [1.29, 1.82) is 0 Å². The van der Waals surface area contributed by atoms with Crippen LogP contribution >= 0.6 is 0 Å². The SMILES string of the molecule is O=C(NCCc1ccccc1C(=O)c1ccccc1)c1ccccc1. The van der Waals surface area contributed by atoms with Crippen LogP contribution in [-0.2, 0) is 6.42 Å². The second-order valence-corrected chi connectivity index (χ2v) is 5.72. The Morgan fingerprint density at radius 3 is 1.92 bits per heavy atom. The molecule has 0 aliphatic carbocycles. The van der Waals surface area contributed by atoms with E-state index in [1.54, 1.807) is 12.1 Å². The van der Waals surface area contributed by atoms with E-state index in [9.17, 15) is 9.59 Å². The molecule has 0 radical (unpaired) electrons. The van der Waals surface area contributed by atoms with Crippen LogP contribution in [0.25, 0.3) is 0 Å². The molecular formula is C22H19NO2. The Kier molecular flexibility index (Phi) is 5.37. The summed E-state index contributed by atoms with van der Waals surface area (Å²) in [5.41, 5.74) is 2.92. The molecular weight excluding hydrogens is 310 g/mol. The van der Waals surface area contributed by atoms with E-state index in [1.807, 2.05) is 72.8 Å². The zero-order valence-corrected chi connectivity index (χ0v) is 13.8. The van der Waals surface area contributed by atoms with E-state index < -0.39 is 0 Å². The molecule has 0 aromatic heterocycles. The smallest absolute Gasteiger partial charge is 0.251 e. The van der Waals surface area contributed by atoms with Crippen molar-refractivity contribution in [3.63, 3.8) is 0 Å². The Balaban J connectivity index is 1.67. The number of carbonyl (C=O) groups is 2. The lowest BCUT2D eigenvalue weighted by Gasteiger charge is -2.10. The molecule has 0 saturated carbocycles. The summed E-state index contributed by atoms with van der Waals surface area (Å²) >= 11 is 0. The maximum absolute atomic E-state index is 12.7. The molecule has 0 saturated heterocycles. The minimum absolute atomic E-state index is 0.00517. The van der Waals surface area contributed by atoms with Gasteiger partial charge in [0.2, 0.25) is 0 Å². The van der Waals surface area contributed by atoms with Gasteiger partial charge in [-0.15, -0.1) is 0 Å². The summed E-state index contributed by atoms with van der Waals surface area (Å²) < 4.78 is 0. The molecule has 0 spiro atoms. The Labute approximate surface area is 147 Å². The third-order valence-electron chi connectivity index (χ3n) is 4.01. The molecule has 0 fully saturated rings. The lowest BCUT2D eigenvalue weighted by molar-refractivity contribution is 0.0954. The Bertz CT molecular complexity index is 857. The molecule has 3 heteroatoms. The highest BCUT2D eigenvalue weighted by Gasteiger charge is 2.13. The topological polar surface area (TPSA) is 46.2 Å². The van der Waals surface area contributed by atoms with Gasteiger partial charge in [0.1, 0.15) is 0 Å². The van der Waals surface area contributed by atoms with E-state index in [0.29, 0.717) is 29.7 Å². The molecule has 0 atom stereocenters. The van der Waals surface area contributed by atoms with Gasteiger partial charge in [-0.25, -0.2) is 0 Å². The second kappa shape index (κ2) is 8.06. The zero-order valence-electron chi connectivity index (χ0n) is 13.8. The molecule has 1 amide bonds. The Hall–Kier alpha value is -3.20. The molecule has 0 heterocycles. The first-order valence-corrected chi connectivity index (χ1v) is 8.26. The van der Waals surface area contributed by atoms with Crippen LogP contribution in [0.4, 0.5) is 0 Å². The van der Waals surface area contributed by atoms with Crippen LogP contribution in [0.2, 0.25) is 0 Å². The number of hydrogen-bond acceptors (Lipinski definition) is 2. The van der Waals surface area contributed by atoms with Crippen LogP contribution in [-0.4, -0.2) is 18.2 Å². The highest BCUT2D eigenvalue weighted by Crippen LogP contribution is 2.15. The van der Waals surface area contributed by atoms with E-state index in [-0.39, 0.29) is 11.7 Å². The predicted molar refractivity (Wildman–Crippen MR) is 98.8 cm³/mol. The first kappa shape index (κ1) is 16.7. The number of hydrogen-bond donors (Lipinski definition) is 1. The van der Waals surface area contributed by atoms with Crippen molar-refractivity contribution in [3.8, 4) is 0 Å². The van der Waals surface area contributed by atoms with Gasteiger partial charge < -0.3 is 5.32 Å². The molecule has 1 N–H and O–H groups in total. The van der Waals surface area contributed by atoms with Gasteiger partial charge in [0.25, 0.3) is 5.91 Å². The lowest BCUT2D eigenvalue weighted by atomic mass is 9.96. The van der Waals surface area contributed by atoms with Crippen molar-refractivity contribution in [2.75, 3.05) is 6.54 Å². The molecule has 3 aromatic carbocycles. The minimum Gasteiger partial charge on any atom is -0.352 e. The fourth-order valence-corrected chi connectivity index (χ4v) is 2.71. The molecule has 0 bridgehead atoms. The summed E-state index contributed by atoms with van der Waals surface area (Å²) in [4.78, 5) is 24.8. The van der Waals surface area contributed by atoms with Gasteiger partial charge >= 0.3 is 0 Å². The fourth-order valence-electron chi connectivity index (χ4n) is 2.71. The molecule has 124 valence electrons. The quantitative estimate of drug-likeness (QED) is 0.697. The standard InChI is InChI=1S/C22H19NO2/c24-21(18-10-3-1-4-11-18)20-14-8-7-9-17(20)15-16-23-22(25)19-12-5-2-6-13-19/h1-14H,15-16H2,(H,23,25). The maximum Gasteiger partial charge on any atom is 0.251 e. The summed E-state index contributed by atoms with van der Waals surface area (Å²) in [5, 5.41) is 2.90. The van der Waals surface area contributed by atoms with Gasteiger partial charge in [-0.05, 0) is 24.1 Å². The van der Waals surface area contributed by atoms with Gasteiger partial charge in [-0.3, -0.25) is 9.59 Å². The van der Waals surface area contributed by atoms with Crippen molar-refractivity contribution in [2.45, 2.75) is 6.42 Å². The van der Waals surface area contributed by atoms with Gasteiger partial charge in [0, 0.05) is 23.2 Å². The Morgan fingerprint density at radius 1 is 0.680 bits per heavy atom. The normalized spacial score (nSPS) is 10.2. The maximum atomic E-state index is 12.7. The number of benzene rings is 3. The van der Waals surface area contributed by atoms with E-state index in [1.165, 1.54) is 0 Å². The second-order valence-electron chi connectivity index (χ2n) is 5.72. The van der Waals surface area contributed by atoms with Crippen LogP contribution in [0.3, 0.4) is 0 Å². The highest BCUT2D eigenvalue weighted by molar-refractivity contribution is 6.09. The monoisotopic (exact) mass is 329 g/mol. The van der Waals surface area contributed by atoms with Crippen molar-refractivity contribution in [2.24, 2.45) is 0 Å². The minimum atomic E-state index is -0.104. The van der Waals surface area contributed by atoms with Crippen LogP contribution in [0.5, 0.6) is 0 Å². The predicted octanol–water partition coefficient (Wildman–Crippen LogP) is 3.89. The number of ketones is 1. The summed E-state index contributed by atoms with van der Waals surface area (Å²) in [6, 6.07) is 25.9. The van der Waals surface area contributed by atoms with E-state index in [4.69, 9.17) is 0 Å². The van der Waals surface area contributed by atoms with Crippen molar-refractivity contribution >= 4 is 11.7 Å². The average molecular weight is 329 g/mol. The van der Waals surface area contributed by atoms with Crippen LogP contribution in [0.15, 0.2) is 84.9 Å². The summed E-state index contributed by atoms with van der Waals surface area (Å²) in [5.74, 6) is -0.0990. The van der Waals surface area contributed by atoms with Gasteiger partial charge in [-0.2, -0.15) is 0 Å². The van der Waals surface area contributed by atoms with E-state index >= 15 is 0 Å². The third kappa shape index (κ3) is 4.21. The van der Waals surface area contributed by atoms with Crippen LogP contribution < -0.4 is 5.32 Å². The first-order chi connectivity index (χ1) is 12.3. The van der Waals surface area contributed by atoms with Gasteiger partial charge in [0.05, 0.1) is 0 Å². The van der Waals surface area contributed by atoms with Crippen LogP contribution in [0.1, 0.15) is 31.8 Å². The van der Waals surface area contributed by atoms with Gasteiger partial charge in [-0.1, -0.05) is 72.8 Å². The molecule has 3 nitrogen and oxygen atoms in total. The van der Waals surface area contributed by atoms with E-state index in [2.05, 4.69) is 5.32 Å². The summed E-state index contributed by atoms with van der Waals surface area (Å²) in [6.45, 7) is 0.479. The highest BCUT2D eigenvalue weighted by atomic mass is 16.1. The van der Waals surface area contributed by atoms with E-state index in [0.717, 1.165) is 5.56 Å². The Morgan fingerprint density at radius 2 is 1.24 bits per heavy atom. The van der Waals surface area contributed by atoms with Crippen LogP contribution in [0, 0.1) is 0 Å². The molecule has 3 rings (SSSR count). The number of carbonyl (C=O) groups excluding carboxylic acids is 2. The zero-order chi connectivity index (χ0) is 17.5. The molecule has 0 aliphatic heterocycles.